The summed E-state index contributed by atoms with van der Waals surface area (Å²) >= 11 is 0. The van der Waals surface area contributed by atoms with E-state index in [9.17, 15) is 22.8 Å². The first-order valence-corrected chi connectivity index (χ1v) is 9.92. The van der Waals surface area contributed by atoms with Gasteiger partial charge in [-0.1, -0.05) is 30.8 Å². The fourth-order valence-corrected chi connectivity index (χ4v) is 2.72. The van der Waals surface area contributed by atoms with E-state index in [4.69, 9.17) is 0 Å². The van der Waals surface area contributed by atoms with Gasteiger partial charge < -0.3 is 16.0 Å². The Kier molecular flexibility index (Phi) is 9.23. The Morgan fingerprint density at radius 3 is 2.27 bits per heavy atom. The molecule has 0 saturated carbocycles. The molecule has 3 aromatic rings. The van der Waals surface area contributed by atoms with Gasteiger partial charge in [-0.3, -0.25) is 9.59 Å². The molecule has 8 heteroatoms. The molecule has 5 nitrogen and oxygen atoms in total. The molecule has 0 atom stereocenters. The van der Waals surface area contributed by atoms with Gasteiger partial charge in [0.15, 0.2) is 11.6 Å². The Morgan fingerprint density at radius 2 is 1.67 bits per heavy atom. The monoisotopic (exact) mass is 455 g/mol. The summed E-state index contributed by atoms with van der Waals surface area (Å²) in [7, 11) is 0. The van der Waals surface area contributed by atoms with Crippen LogP contribution in [0.3, 0.4) is 0 Å². The number of hydrogen-bond donors (Lipinski definition) is 3. The number of carbonyl (C=O) groups is 2. The largest absolute Gasteiger partial charge is 0.355 e. The number of nitrogens with one attached hydrogen (secondary N) is 3. The number of aryl methyl sites for hydroxylation is 2. The van der Waals surface area contributed by atoms with Crippen LogP contribution in [0.15, 0.2) is 67.3 Å². The van der Waals surface area contributed by atoms with Crippen LogP contribution in [0.5, 0.6) is 0 Å². The highest BCUT2D eigenvalue weighted by Crippen LogP contribution is 2.27. The second-order valence-corrected chi connectivity index (χ2v) is 7.05. The molecule has 33 heavy (non-hydrogen) atoms. The third-order valence-electron chi connectivity index (χ3n) is 4.48. The highest BCUT2D eigenvalue weighted by Gasteiger charge is 2.13. The Hall–Kier alpha value is -4.07. The zero-order valence-corrected chi connectivity index (χ0v) is 18.2. The Bertz CT molecular complexity index is 1130. The zero-order chi connectivity index (χ0) is 24.4. The van der Waals surface area contributed by atoms with Crippen molar-refractivity contribution in [3.63, 3.8) is 0 Å². The third kappa shape index (κ3) is 7.53. The molecule has 172 valence electrons. The fraction of sp³-hybridized carbons (Fsp3) is 0.120. The minimum absolute atomic E-state index is 0.0437. The van der Waals surface area contributed by atoms with Crippen molar-refractivity contribution in [1.29, 1.82) is 0 Å². The minimum Gasteiger partial charge on any atom is -0.355 e. The van der Waals surface area contributed by atoms with E-state index in [0.717, 1.165) is 17.2 Å². The molecular weight excluding hydrogens is 431 g/mol. The van der Waals surface area contributed by atoms with Crippen molar-refractivity contribution in [2.45, 2.75) is 20.4 Å². The van der Waals surface area contributed by atoms with E-state index < -0.39 is 17.5 Å². The molecule has 0 aliphatic heterocycles. The number of rotatable bonds is 7. The summed E-state index contributed by atoms with van der Waals surface area (Å²) in [6, 6.07) is 14.2. The number of hydrogen-bond acceptors (Lipinski definition) is 3. The van der Waals surface area contributed by atoms with Gasteiger partial charge in [-0.2, -0.15) is 0 Å². The van der Waals surface area contributed by atoms with Crippen molar-refractivity contribution in [3.8, 4) is 0 Å². The van der Waals surface area contributed by atoms with Gasteiger partial charge in [-0.15, -0.1) is 0 Å². The first kappa shape index (κ1) is 25.2. The van der Waals surface area contributed by atoms with Gasteiger partial charge in [-0.25, -0.2) is 13.2 Å². The van der Waals surface area contributed by atoms with Crippen LogP contribution in [0, 0.1) is 31.3 Å². The maximum atomic E-state index is 13.6. The van der Waals surface area contributed by atoms with E-state index in [0.29, 0.717) is 24.2 Å². The highest BCUT2D eigenvalue weighted by atomic mass is 19.2. The van der Waals surface area contributed by atoms with Gasteiger partial charge in [0.05, 0.1) is 11.4 Å². The molecule has 0 saturated heterocycles. The molecule has 3 N–H and O–H groups in total. The molecule has 0 bridgehead atoms. The van der Waals surface area contributed by atoms with Crippen molar-refractivity contribution in [2.75, 3.05) is 10.6 Å². The molecular formula is C25H24F3N3O2. The lowest BCUT2D eigenvalue weighted by atomic mass is 10.1. The van der Waals surface area contributed by atoms with Crippen LogP contribution in [-0.4, -0.2) is 12.3 Å². The van der Waals surface area contributed by atoms with Crippen molar-refractivity contribution in [3.05, 3.63) is 101 Å². The Labute approximate surface area is 190 Å². The van der Waals surface area contributed by atoms with Gasteiger partial charge in [0.25, 0.3) is 0 Å². The van der Waals surface area contributed by atoms with Crippen molar-refractivity contribution >= 4 is 29.4 Å². The zero-order valence-electron chi connectivity index (χ0n) is 18.2. The standard InChI is InChI=1S/C14H12F3N.C11H12N2O2/c1-8-3-6-12(11(16)7-8)18-14-9(2)4-5-10(15)13(14)17;1-2-11(15)13-10-5-3-9(4-6-10)7-12-8-14/h3-7,18H,1-2H3;2-6,8H,1,7H2,(H,12,14)(H,13,15). The molecule has 0 unspecified atom stereocenters. The minimum atomic E-state index is -1.00. The van der Waals surface area contributed by atoms with E-state index in [1.165, 1.54) is 24.3 Å². The maximum absolute atomic E-state index is 13.6. The quantitative estimate of drug-likeness (QED) is 0.325. The molecule has 3 aromatic carbocycles. The normalized spacial score (nSPS) is 9.85. The predicted octanol–water partition coefficient (Wildman–Crippen LogP) is 5.52. The van der Waals surface area contributed by atoms with Crippen molar-refractivity contribution in [1.82, 2.24) is 5.32 Å². The van der Waals surface area contributed by atoms with Crippen molar-refractivity contribution < 1.29 is 22.8 Å². The summed E-state index contributed by atoms with van der Waals surface area (Å²) in [5, 5.41) is 7.77. The lowest BCUT2D eigenvalue weighted by molar-refractivity contribution is -0.112. The average Bonchev–Trinajstić information content (AvgIpc) is 2.80. The van der Waals surface area contributed by atoms with Gasteiger partial charge in [0.2, 0.25) is 12.3 Å². The van der Waals surface area contributed by atoms with Crippen molar-refractivity contribution in [2.24, 2.45) is 0 Å². The van der Waals surface area contributed by atoms with Crippen LogP contribution in [0.25, 0.3) is 0 Å². The summed E-state index contributed by atoms with van der Waals surface area (Å²) in [6.07, 6.45) is 1.86. The van der Waals surface area contributed by atoms with E-state index in [2.05, 4.69) is 22.5 Å². The average molecular weight is 455 g/mol. The molecule has 2 amide bonds. The van der Waals surface area contributed by atoms with Crippen LogP contribution in [0.1, 0.15) is 16.7 Å². The van der Waals surface area contributed by atoms with Crippen LogP contribution < -0.4 is 16.0 Å². The van der Waals surface area contributed by atoms with Gasteiger partial charge in [0, 0.05) is 12.2 Å². The van der Waals surface area contributed by atoms with Crippen LogP contribution >= 0.6 is 0 Å². The number of anilines is 3. The number of benzene rings is 3. The molecule has 0 spiro atoms. The van der Waals surface area contributed by atoms with E-state index in [1.54, 1.807) is 32.0 Å². The summed E-state index contributed by atoms with van der Waals surface area (Å²) < 4.78 is 40.3. The first-order valence-electron chi connectivity index (χ1n) is 9.92. The highest BCUT2D eigenvalue weighted by molar-refractivity contribution is 5.98. The fourth-order valence-electron chi connectivity index (χ4n) is 2.72. The summed E-state index contributed by atoms with van der Waals surface area (Å²) in [4.78, 5) is 21.0. The first-order chi connectivity index (χ1) is 15.7. The van der Waals surface area contributed by atoms with Gasteiger partial charge >= 0.3 is 0 Å². The number of amides is 2. The van der Waals surface area contributed by atoms with Gasteiger partial charge in [-0.05, 0) is 66.9 Å². The summed E-state index contributed by atoms with van der Waals surface area (Å²) in [5.74, 6) is -2.71. The Morgan fingerprint density at radius 1 is 0.970 bits per heavy atom. The SMILES string of the molecule is C=CC(=O)Nc1ccc(CNC=O)cc1.Cc1ccc(Nc2c(C)ccc(F)c2F)c(F)c1. The number of halogens is 3. The summed E-state index contributed by atoms with van der Waals surface area (Å²) in [6.45, 7) is 7.21. The second-order valence-electron chi connectivity index (χ2n) is 7.05. The molecule has 0 aliphatic carbocycles. The third-order valence-corrected chi connectivity index (χ3v) is 4.48. The van der Waals surface area contributed by atoms with E-state index in [-0.39, 0.29) is 17.3 Å². The maximum Gasteiger partial charge on any atom is 0.247 e. The van der Waals surface area contributed by atoms with Crippen LogP contribution in [-0.2, 0) is 16.1 Å². The lowest BCUT2D eigenvalue weighted by Crippen LogP contribution is -2.10. The van der Waals surface area contributed by atoms with E-state index in [1.807, 2.05) is 12.1 Å². The van der Waals surface area contributed by atoms with Crippen LogP contribution in [0.2, 0.25) is 0 Å². The topological polar surface area (TPSA) is 70.2 Å². The molecule has 0 radical (unpaired) electrons. The van der Waals surface area contributed by atoms with E-state index >= 15 is 0 Å². The molecule has 0 aliphatic rings. The molecule has 3 rings (SSSR count). The predicted molar refractivity (Wildman–Crippen MR) is 124 cm³/mol. The molecule has 0 aromatic heterocycles. The second kappa shape index (κ2) is 12.1. The molecule has 0 fully saturated rings. The van der Waals surface area contributed by atoms with Gasteiger partial charge in [0.1, 0.15) is 5.82 Å². The smallest absolute Gasteiger partial charge is 0.247 e. The number of carbonyl (C=O) groups excluding carboxylic acids is 2. The summed E-state index contributed by atoms with van der Waals surface area (Å²) in [5.41, 5.74) is 3.02. The lowest BCUT2D eigenvalue weighted by Gasteiger charge is -2.12. The Balaban J connectivity index is 0.000000238. The molecule has 0 heterocycles. The van der Waals surface area contributed by atoms with Crippen LogP contribution in [0.4, 0.5) is 30.2 Å².